The van der Waals surface area contributed by atoms with Crippen LogP contribution in [-0.4, -0.2) is 34.6 Å². The van der Waals surface area contributed by atoms with Crippen LogP contribution in [0.4, 0.5) is 0 Å². The molecule has 0 aromatic heterocycles. The zero-order chi connectivity index (χ0) is 13.7. The van der Waals surface area contributed by atoms with Crippen LogP contribution in [0.5, 0.6) is 0 Å². The van der Waals surface area contributed by atoms with Crippen LogP contribution in [-0.2, 0) is 4.79 Å². The first-order valence-electron chi connectivity index (χ1n) is 7.37. The third-order valence-corrected chi connectivity index (χ3v) is 3.91. The van der Waals surface area contributed by atoms with Crippen LogP contribution in [0.25, 0.3) is 0 Å². The molecule has 1 aliphatic carbocycles. The number of carbonyl (C=O) groups is 1. The molecule has 1 aliphatic rings. The Bertz CT molecular complexity index is 263. The van der Waals surface area contributed by atoms with Crippen molar-refractivity contribution < 1.29 is 9.90 Å². The van der Waals surface area contributed by atoms with E-state index < -0.39 is 6.10 Å². The van der Waals surface area contributed by atoms with E-state index in [2.05, 4.69) is 6.92 Å². The topological polar surface area (TPSA) is 40.5 Å². The van der Waals surface area contributed by atoms with Gasteiger partial charge in [0.1, 0.15) is 0 Å². The average Bonchev–Trinajstić information content (AvgIpc) is 2.25. The fourth-order valence-electron chi connectivity index (χ4n) is 2.99. The number of nitrogens with zero attached hydrogens (tertiary/aromatic N) is 1. The minimum Gasteiger partial charge on any atom is -0.392 e. The molecule has 1 N–H and O–H groups in total. The summed E-state index contributed by atoms with van der Waals surface area (Å²) in [5.41, 5.74) is 0. The van der Waals surface area contributed by atoms with Crippen molar-refractivity contribution in [3.63, 3.8) is 0 Å². The summed E-state index contributed by atoms with van der Waals surface area (Å²) in [6.45, 7) is 8.52. The molecule has 3 nitrogen and oxygen atoms in total. The smallest absolute Gasteiger partial charge is 0.223 e. The zero-order valence-corrected chi connectivity index (χ0v) is 12.4. The van der Waals surface area contributed by atoms with Gasteiger partial charge in [-0.2, -0.15) is 0 Å². The van der Waals surface area contributed by atoms with Gasteiger partial charge in [0.2, 0.25) is 5.91 Å². The summed E-state index contributed by atoms with van der Waals surface area (Å²) in [7, 11) is 0. The van der Waals surface area contributed by atoms with E-state index in [0.29, 0.717) is 18.9 Å². The number of hydrogen-bond acceptors (Lipinski definition) is 2. The summed E-state index contributed by atoms with van der Waals surface area (Å²) in [5.74, 6) is 1.53. The van der Waals surface area contributed by atoms with Gasteiger partial charge in [-0.05, 0) is 45.4 Å². The molecule has 106 valence electrons. The van der Waals surface area contributed by atoms with Gasteiger partial charge in [-0.1, -0.05) is 19.8 Å². The first-order chi connectivity index (χ1) is 8.40. The zero-order valence-electron chi connectivity index (χ0n) is 12.4. The molecule has 3 unspecified atom stereocenters. The summed E-state index contributed by atoms with van der Waals surface area (Å²) in [5, 5.41) is 9.47. The monoisotopic (exact) mass is 255 g/mol. The number of aliphatic hydroxyl groups is 1. The average molecular weight is 255 g/mol. The maximum absolute atomic E-state index is 12.3. The van der Waals surface area contributed by atoms with Gasteiger partial charge in [0.25, 0.3) is 0 Å². The van der Waals surface area contributed by atoms with Crippen molar-refractivity contribution in [3.05, 3.63) is 0 Å². The van der Waals surface area contributed by atoms with Crippen LogP contribution in [0.15, 0.2) is 0 Å². The quantitative estimate of drug-likeness (QED) is 0.820. The lowest BCUT2D eigenvalue weighted by Crippen LogP contribution is -2.42. The van der Waals surface area contributed by atoms with Crippen LogP contribution in [0.2, 0.25) is 0 Å². The first-order valence-corrected chi connectivity index (χ1v) is 7.37. The summed E-state index contributed by atoms with van der Waals surface area (Å²) in [6, 6.07) is 0.174. The van der Waals surface area contributed by atoms with Crippen molar-refractivity contribution in [3.8, 4) is 0 Å². The Morgan fingerprint density at radius 3 is 2.50 bits per heavy atom. The van der Waals surface area contributed by atoms with E-state index in [4.69, 9.17) is 0 Å². The highest BCUT2D eigenvalue weighted by Gasteiger charge is 2.25. The molecular weight excluding hydrogens is 226 g/mol. The Hall–Kier alpha value is -0.570. The van der Waals surface area contributed by atoms with Gasteiger partial charge >= 0.3 is 0 Å². The van der Waals surface area contributed by atoms with Gasteiger partial charge in [0.05, 0.1) is 6.10 Å². The Morgan fingerprint density at radius 1 is 1.33 bits per heavy atom. The molecule has 0 spiro atoms. The first kappa shape index (κ1) is 15.5. The molecule has 0 saturated heterocycles. The molecule has 18 heavy (non-hydrogen) atoms. The van der Waals surface area contributed by atoms with E-state index in [1.807, 2.05) is 18.7 Å². The fraction of sp³-hybridized carbons (Fsp3) is 0.933. The highest BCUT2D eigenvalue weighted by atomic mass is 16.3. The minimum atomic E-state index is -0.443. The predicted octanol–water partition coefficient (Wildman–Crippen LogP) is 2.82. The van der Waals surface area contributed by atoms with Crippen molar-refractivity contribution >= 4 is 5.91 Å². The predicted molar refractivity (Wildman–Crippen MR) is 74.3 cm³/mol. The van der Waals surface area contributed by atoms with Gasteiger partial charge in [0.15, 0.2) is 0 Å². The SMILES string of the molecule is CC(O)CN(C(=O)CC1CCCC(C)C1)C(C)C. The van der Waals surface area contributed by atoms with Crippen molar-refractivity contribution in [2.75, 3.05) is 6.54 Å². The number of aliphatic hydroxyl groups excluding tert-OH is 1. The number of carbonyl (C=O) groups excluding carboxylic acids is 1. The van der Waals surface area contributed by atoms with Crippen molar-refractivity contribution in [2.45, 2.75) is 71.9 Å². The molecule has 0 heterocycles. The standard InChI is InChI=1S/C15H29NO2/c1-11(2)16(10-13(4)17)15(18)9-14-7-5-6-12(3)8-14/h11-14,17H,5-10H2,1-4H3. The second kappa shape index (κ2) is 7.13. The molecule has 1 rings (SSSR count). The molecule has 3 atom stereocenters. The van der Waals surface area contributed by atoms with Crippen LogP contribution in [0, 0.1) is 11.8 Å². The minimum absolute atomic E-state index is 0.174. The van der Waals surface area contributed by atoms with Crippen LogP contribution >= 0.6 is 0 Å². The molecule has 1 fully saturated rings. The third kappa shape index (κ3) is 4.97. The van der Waals surface area contributed by atoms with Gasteiger partial charge in [-0.25, -0.2) is 0 Å². The largest absolute Gasteiger partial charge is 0.392 e. The molecule has 0 aromatic rings. The molecule has 0 aliphatic heterocycles. The lowest BCUT2D eigenvalue weighted by molar-refractivity contribution is -0.135. The molecule has 1 saturated carbocycles. The van der Waals surface area contributed by atoms with Gasteiger partial charge in [-0.15, -0.1) is 0 Å². The maximum atomic E-state index is 12.3. The molecule has 0 bridgehead atoms. The summed E-state index contributed by atoms with van der Waals surface area (Å²) in [6.07, 6.45) is 5.17. The number of hydrogen-bond donors (Lipinski definition) is 1. The van der Waals surface area contributed by atoms with Crippen molar-refractivity contribution in [1.29, 1.82) is 0 Å². The Kier molecular flexibility index (Phi) is 6.13. The summed E-state index contributed by atoms with van der Waals surface area (Å²) >= 11 is 0. The van der Waals surface area contributed by atoms with Gasteiger partial charge in [0, 0.05) is 19.0 Å². The van der Waals surface area contributed by atoms with Gasteiger partial charge < -0.3 is 10.0 Å². The Labute approximate surface area is 112 Å². The highest BCUT2D eigenvalue weighted by molar-refractivity contribution is 5.76. The van der Waals surface area contributed by atoms with Crippen molar-refractivity contribution in [2.24, 2.45) is 11.8 Å². The molecule has 0 radical (unpaired) electrons. The van der Waals surface area contributed by atoms with E-state index in [0.717, 1.165) is 5.92 Å². The van der Waals surface area contributed by atoms with E-state index >= 15 is 0 Å². The Morgan fingerprint density at radius 2 is 2.00 bits per heavy atom. The third-order valence-electron chi connectivity index (χ3n) is 3.91. The normalized spacial score (nSPS) is 26.1. The molecule has 3 heteroatoms. The van der Waals surface area contributed by atoms with E-state index in [-0.39, 0.29) is 11.9 Å². The van der Waals surface area contributed by atoms with Crippen LogP contribution in [0.3, 0.4) is 0 Å². The maximum Gasteiger partial charge on any atom is 0.223 e. The number of amides is 1. The molecule has 0 aromatic carbocycles. The van der Waals surface area contributed by atoms with Gasteiger partial charge in [-0.3, -0.25) is 4.79 Å². The summed E-state index contributed by atoms with van der Waals surface area (Å²) in [4.78, 5) is 14.1. The van der Waals surface area contributed by atoms with Crippen LogP contribution < -0.4 is 0 Å². The second-order valence-electron chi connectivity index (χ2n) is 6.33. The lowest BCUT2D eigenvalue weighted by Gasteiger charge is -2.32. The second-order valence-corrected chi connectivity index (χ2v) is 6.33. The lowest BCUT2D eigenvalue weighted by atomic mass is 9.80. The van der Waals surface area contributed by atoms with E-state index in [9.17, 15) is 9.90 Å². The van der Waals surface area contributed by atoms with Crippen LogP contribution in [0.1, 0.15) is 59.8 Å². The highest BCUT2D eigenvalue weighted by Crippen LogP contribution is 2.31. The summed E-state index contributed by atoms with van der Waals surface area (Å²) < 4.78 is 0. The fourth-order valence-corrected chi connectivity index (χ4v) is 2.99. The van der Waals surface area contributed by atoms with E-state index in [1.165, 1.54) is 25.7 Å². The van der Waals surface area contributed by atoms with E-state index in [1.54, 1.807) is 6.92 Å². The van der Waals surface area contributed by atoms with Crippen molar-refractivity contribution in [1.82, 2.24) is 4.90 Å². The molecule has 1 amide bonds. The molecular formula is C15H29NO2. The Balaban J connectivity index is 2.50. The number of rotatable bonds is 5.